The summed E-state index contributed by atoms with van der Waals surface area (Å²) in [6.45, 7) is 0.162. The third-order valence-corrected chi connectivity index (χ3v) is 6.70. The number of ketones is 2. The minimum atomic E-state index is -0.579. The van der Waals surface area contributed by atoms with E-state index >= 15 is 0 Å². The van der Waals surface area contributed by atoms with Crippen LogP contribution in [0.4, 0.5) is 5.69 Å². The number of rotatable bonds is 5. The first-order valence-electron chi connectivity index (χ1n) is 11.3. The first kappa shape index (κ1) is 22.3. The highest BCUT2D eigenvalue weighted by Gasteiger charge is 2.42. The number of benzene rings is 2. The molecule has 0 aromatic heterocycles. The molecule has 2 aliphatic carbocycles. The fraction of sp³-hybridized carbons (Fsp3) is 0.308. The first-order chi connectivity index (χ1) is 16.4. The van der Waals surface area contributed by atoms with Crippen molar-refractivity contribution < 1.29 is 24.0 Å². The van der Waals surface area contributed by atoms with Gasteiger partial charge in [-0.3, -0.25) is 19.7 Å². The monoisotopic (exact) mass is 479 g/mol. The van der Waals surface area contributed by atoms with Crippen molar-refractivity contribution in [1.82, 2.24) is 0 Å². The summed E-state index contributed by atoms with van der Waals surface area (Å²) >= 11 is 6.37. The van der Waals surface area contributed by atoms with Gasteiger partial charge in [0.15, 0.2) is 11.6 Å². The molecule has 1 aliphatic heterocycles. The molecule has 8 heteroatoms. The number of carbonyl (C=O) groups is 2. The Morgan fingerprint density at radius 3 is 2.15 bits per heavy atom. The lowest BCUT2D eigenvalue weighted by Crippen LogP contribution is -2.30. The SMILES string of the molecule is O=C1CCCC2=C1C(c1cc(Cl)ccc1OCc1ccc([N+](=O)[O-])cc1)C1=C(CCCC1=O)O2. The van der Waals surface area contributed by atoms with Crippen LogP contribution in [0.15, 0.2) is 65.1 Å². The van der Waals surface area contributed by atoms with Crippen LogP contribution in [0.3, 0.4) is 0 Å². The summed E-state index contributed by atoms with van der Waals surface area (Å²) in [5, 5.41) is 11.4. The molecule has 1 heterocycles. The summed E-state index contributed by atoms with van der Waals surface area (Å²) in [5.74, 6) is 1.19. The van der Waals surface area contributed by atoms with Crippen LogP contribution in [0.5, 0.6) is 5.75 Å². The van der Waals surface area contributed by atoms with Crippen molar-refractivity contribution in [2.24, 2.45) is 0 Å². The summed E-state index contributed by atoms with van der Waals surface area (Å²) in [5.41, 5.74) is 2.47. The Bertz CT molecular complexity index is 1220. The predicted molar refractivity (Wildman–Crippen MR) is 124 cm³/mol. The highest BCUT2D eigenvalue weighted by Crippen LogP contribution is 2.50. The Hall–Kier alpha value is -3.45. The number of hydrogen-bond donors (Lipinski definition) is 0. The Balaban J connectivity index is 1.55. The Morgan fingerprint density at radius 2 is 1.56 bits per heavy atom. The number of carbonyl (C=O) groups excluding carboxylic acids is 2. The second kappa shape index (κ2) is 9.06. The van der Waals surface area contributed by atoms with Crippen molar-refractivity contribution in [3.8, 4) is 5.75 Å². The number of non-ortho nitro benzene ring substituents is 1. The molecular formula is C26H22ClNO6. The van der Waals surface area contributed by atoms with Crippen molar-refractivity contribution in [3.05, 3.63) is 91.4 Å². The molecule has 34 heavy (non-hydrogen) atoms. The molecule has 0 amide bonds. The summed E-state index contributed by atoms with van der Waals surface area (Å²) in [6.07, 6.45) is 3.58. The molecule has 0 fully saturated rings. The molecule has 0 atom stereocenters. The van der Waals surface area contributed by atoms with E-state index in [-0.39, 0.29) is 23.9 Å². The molecule has 0 radical (unpaired) electrons. The largest absolute Gasteiger partial charge is 0.489 e. The van der Waals surface area contributed by atoms with Gasteiger partial charge in [-0.15, -0.1) is 0 Å². The maximum atomic E-state index is 13.1. The zero-order chi connectivity index (χ0) is 23.8. The van der Waals surface area contributed by atoms with Crippen LogP contribution >= 0.6 is 11.6 Å². The molecule has 174 valence electrons. The normalized spacial score (nSPS) is 18.4. The van der Waals surface area contributed by atoms with Crippen LogP contribution in [0.1, 0.15) is 55.6 Å². The number of allylic oxidation sites excluding steroid dienone is 4. The highest BCUT2D eigenvalue weighted by molar-refractivity contribution is 6.30. The van der Waals surface area contributed by atoms with E-state index in [4.69, 9.17) is 21.1 Å². The summed E-state index contributed by atoms with van der Waals surface area (Å²) in [4.78, 5) is 36.6. The average Bonchev–Trinajstić information content (AvgIpc) is 2.82. The second-order valence-corrected chi connectivity index (χ2v) is 9.09. The Morgan fingerprint density at radius 1 is 0.941 bits per heavy atom. The smallest absolute Gasteiger partial charge is 0.269 e. The quantitative estimate of drug-likeness (QED) is 0.388. The zero-order valence-corrected chi connectivity index (χ0v) is 19.1. The van der Waals surface area contributed by atoms with Crippen molar-refractivity contribution in [3.63, 3.8) is 0 Å². The topological polar surface area (TPSA) is 95.7 Å². The van der Waals surface area contributed by atoms with Gasteiger partial charge in [0.25, 0.3) is 5.69 Å². The minimum absolute atomic E-state index is 0.00342. The summed E-state index contributed by atoms with van der Waals surface area (Å²) < 4.78 is 12.2. The number of Topliss-reactive ketones (excluding diaryl/α,β-unsaturated/α-hetero) is 2. The fourth-order valence-corrected chi connectivity index (χ4v) is 5.06. The van der Waals surface area contributed by atoms with Crippen LogP contribution < -0.4 is 4.74 Å². The van der Waals surface area contributed by atoms with Gasteiger partial charge < -0.3 is 9.47 Å². The number of hydrogen-bond acceptors (Lipinski definition) is 6. The van der Waals surface area contributed by atoms with Crippen LogP contribution in [0, 0.1) is 10.1 Å². The molecule has 3 aliphatic rings. The molecule has 5 rings (SSSR count). The average molecular weight is 480 g/mol. The van der Waals surface area contributed by atoms with Crippen LogP contribution in [-0.2, 0) is 20.9 Å². The molecular weight excluding hydrogens is 458 g/mol. The Kier molecular flexibility index (Phi) is 5.96. The van der Waals surface area contributed by atoms with Gasteiger partial charge in [0.2, 0.25) is 0 Å². The van der Waals surface area contributed by atoms with Crippen LogP contribution in [-0.4, -0.2) is 16.5 Å². The molecule has 0 unspecified atom stereocenters. The van der Waals surface area contributed by atoms with E-state index in [9.17, 15) is 19.7 Å². The number of ether oxygens (including phenoxy) is 2. The molecule has 2 aromatic rings. The first-order valence-corrected chi connectivity index (χ1v) is 11.7. The molecule has 0 spiro atoms. The summed E-state index contributed by atoms with van der Waals surface area (Å²) in [6, 6.07) is 11.3. The standard InChI is InChI=1S/C26H22ClNO6/c27-16-9-12-21(33-14-15-7-10-17(11-8-15)28(31)32)18(13-16)24-25-19(29)3-1-5-22(25)34-23-6-2-4-20(30)26(23)24/h7-13,24H,1-6,14H2. The van der Waals surface area contributed by atoms with Crippen LogP contribution in [0.25, 0.3) is 0 Å². The van der Waals surface area contributed by atoms with Gasteiger partial charge in [-0.05, 0) is 48.7 Å². The lowest BCUT2D eigenvalue weighted by molar-refractivity contribution is -0.384. The number of nitro benzene ring substituents is 1. The van der Waals surface area contributed by atoms with E-state index in [2.05, 4.69) is 0 Å². The van der Waals surface area contributed by atoms with Gasteiger partial charge in [0.1, 0.15) is 23.9 Å². The van der Waals surface area contributed by atoms with Crippen molar-refractivity contribution in [2.75, 3.05) is 0 Å². The minimum Gasteiger partial charge on any atom is -0.489 e. The van der Waals surface area contributed by atoms with Crippen molar-refractivity contribution >= 4 is 28.9 Å². The number of halogens is 1. The molecule has 0 saturated carbocycles. The lowest BCUT2D eigenvalue weighted by atomic mass is 9.73. The van der Waals surface area contributed by atoms with Crippen LogP contribution in [0.2, 0.25) is 5.02 Å². The van der Waals surface area contributed by atoms with E-state index in [0.29, 0.717) is 64.7 Å². The van der Waals surface area contributed by atoms with Gasteiger partial charge >= 0.3 is 0 Å². The fourth-order valence-electron chi connectivity index (χ4n) is 4.88. The van der Waals surface area contributed by atoms with Gasteiger partial charge in [-0.2, -0.15) is 0 Å². The van der Waals surface area contributed by atoms with E-state index in [0.717, 1.165) is 18.4 Å². The second-order valence-electron chi connectivity index (χ2n) is 8.66. The summed E-state index contributed by atoms with van der Waals surface area (Å²) in [7, 11) is 0. The number of nitrogens with zero attached hydrogens (tertiary/aromatic N) is 1. The van der Waals surface area contributed by atoms with Gasteiger partial charge in [-0.25, -0.2) is 0 Å². The zero-order valence-electron chi connectivity index (χ0n) is 18.3. The molecule has 0 saturated heterocycles. The molecule has 0 bridgehead atoms. The predicted octanol–water partition coefficient (Wildman–Crippen LogP) is 5.96. The molecule has 0 N–H and O–H groups in total. The third-order valence-electron chi connectivity index (χ3n) is 6.47. The van der Waals surface area contributed by atoms with E-state index < -0.39 is 10.8 Å². The van der Waals surface area contributed by atoms with E-state index in [1.165, 1.54) is 12.1 Å². The van der Waals surface area contributed by atoms with Crippen molar-refractivity contribution in [2.45, 2.75) is 51.0 Å². The van der Waals surface area contributed by atoms with Gasteiger partial charge in [0.05, 0.1) is 10.8 Å². The lowest BCUT2D eigenvalue weighted by Gasteiger charge is -2.36. The third kappa shape index (κ3) is 4.12. The van der Waals surface area contributed by atoms with Gasteiger partial charge in [-0.1, -0.05) is 11.6 Å². The van der Waals surface area contributed by atoms with E-state index in [1.54, 1.807) is 30.3 Å². The molecule has 2 aromatic carbocycles. The maximum absolute atomic E-state index is 13.1. The number of nitro groups is 1. The van der Waals surface area contributed by atoms with Gasteiger partial charge in [0, 0.05) is 59.5 Å². The van der Waals surface area contributed by atoms with E-state index in [1.807, 2.05) is 0 Å². The highest BCUT2D eigenvalue weighted by atomic mass is 35.5. The Labute approximate surface area is 201 Å². The maximum Gasteiger partial charge on any atom is 0.269 e. The van der Waals surface area contributed by atoms with Crippen molar-refractivity contribution in [1.29, 1.82) is 0 Å². The molecule has 7 nitrogen and oxygen atoms in total.